The van der Waals surface area contributed by atoms with Gasteiger partial charge in [0.2, 0.25) is 0 Å². The molecule has 0 saturated heterocycles. The normalized spacial score (nSPS) is 19.8. The van der Waals surface area contributed by atoms with E-state index >= 15 is 0 Å². The molecule has 9 heteroatoms. The van der Waals surface area contributed by atoms with E-state index in [4.69, 9.17) is 14.5 Å². The van der Waals surface area contributed by atoms with E-state index in [0.717, 1.165) is 28.7 Å². The number of benzene rings is 2. The van der Waals surface area contributed by atoms with Crippen LogP contribution in [0, 0.1) is 5.92 Å². The summed E-state index contributed by atoms with van der Waals surface area (Å²) in [5.41, 5.74) is 4.87. The highest BCUT2D eigenvalue weighted by Crippen LogP contribution is 2.63. The predicted molar refractivity (Wildman–Crippen MR) is 147 cm³/mol. The first kappa shape index (κ1) is 24.7. The lowest BCUT2D eigenvalue weighted by atomic mass is 10.0. The Kier molecular flexibility index (Phi) is 5.66. The molecule has 1 unspecified atom stereocenters. The summed E-state index contributed by atoms with van der Waals surface area (Å²) >= 11 is 0. The standard InChI is InChI=1S/C31H28F2N4O3/c1-39-25-16-21(30(38)40-2)14-23-27(25)37-17-18-7-5-8-19(13-18)26-22(31(26,32)33)10-3-4-12-36-24(29(37)35-23)15-20-9-6-11-34-28(20)36/h5-9,11,13-16,22,26H,3-4,10,12,17H2,1-2H3/t22-,26?/m1/s1. The van der Waals surface area contributed by atoms with Crippen LogP contribution in [0.15, 0.2) is 60.8 Å². The fraction of sp³-hybridized carbons (Fsp3) is 0.323. The average Bonchev–Trinajstić information content (AvgIpc) is 3.22. The number of hydrogen-bond donors (Lipinski definition) is 0. The highest BCUT2D eigenvalue weighted by atomic mass is 19.3. The molecule has 7 rings (SSSR count). The van der Waals surface area contributed by atoms with Gasteiger partial charge in [0.1, 0.15) is 16.9 Å². The van der Waals surface area contributed by atoms with E-state index in [2.05, 4.69) is 15.6 Å². The zero-order valence-electron chi connectivity index (χ0n) is 22.2. The molecule has 0 amide bonds. The Morgan fingerprint density at radius 2 is 1.93 bits per heavy atom. The van der Waals surface area contributed by atoms with Gasteiger partial charge >= 0.3 is 5.97 Å². The average molecular weight is 543 g/mol. The quantitative estimate of drug-likeness (QED) is 0.241. The largest absolute Gasteiger partial charge is 0.494 e. The Labute approximate surface area is 229 Å². The number of carbonyl (C=O) groups is 1. The fourth-order valence-corrected chi connectivity index (χ4v) is 6.37. The number of halogens is 2. The van der Waals surface area contributed by atoms with Gasteiger partial charge in [0, 0.05) is 30.6 Å². The molecule has 1 aliphatic carbocycles. The van der Waals surface area contributed by atoms with Crippen molar-refractivity contribution in [2.45, 2.75) is 44.2 Å². The lowest BCUT2D eigenvalue weighted by molar-refractivity contribution is 0.0600. The van der Waals surface area contributed by atoms with Crippen LogP contribution in [0.1, 0.15) is 46.7 Å². The molecule has 1 fully saturated rings. The maximum Gasteiger partial charge on any atom is 0.338 e. The summed E-state index contributed by atoms with van der Waals surface area (Å²) in [6, 6.07) is 16.8. The number of esters is 1. The first-order valence-corrected chi connectivity index (χ1v) is 13.5. The molecule has 204 valence electrons. The first-order valence-electron chi connectivity index (χ1n) is 13.5. The van der Waals surface area contributed by atoms with Gasteiger partial charge in [0.05, 0.1) is 36.9 Å². The summed E-state index contributed by atoms with van der Waals surface area (Å²) in [4.78, 5) is 22.1. The highest BCUT2D eigenvalue weighted by Gasteiger charge is 2.67. The van der Waals surface area contributed by atoms with Crippen molar-refractivity contribution >= 4 is 28.0 Å². The van der Waals surface area contributed by atoms with Crippen LogP contribution < -0.4 is 4.74 Å². The third-order valence-electron chi connectivity index (χ3n) is 8.33. The van der Waals surface area contributed by atoms with Crippen molar-refractivity contribution in [1.29, 1.82) is 0 Å². The van der Waals surface area contributed by atoms with Crippen LogP contribution in [0.2, 0.25) is 0 Å². The second kappa shape index (κ2) is 9.15. The number of ether oxygens (including phenoxy) is 2. The van der Waals surface area contributed by atoms with E-state index in [1.54, 1.807) is 25.4 Å². The number of aryl methyl sites for hydroxylation is 1. The smallest absolute Gasteiger partial charge is 0.338 e. The SMILES string of the molecule is COC(=O)c1cc(OC)c2c(c1)nc1n2Cc2cccc(c2)C2[C@@H](CCCCn3c-1cc1cccnc13)C2(F)F. The predicted octanol–water partition coefficient (Wildman–Crippen LogP) is 6.43. The topological polar surface area (TPSA) is 71.2 Å². The molecule has 2 aliphatic rings. The Morgan fingerprint density at radius 1 is 1.05 bits per heavy atom. The van der Waals surface area contributed by atoms with Gasteiger partial charge in [0.25, 0.3) is 5.92 Å². The van der Waals surface area contributed by atoms with E-state index in [1.165, 1.54) is 7.11 Å². The molecular weight excluding hydrogens is 514 g/mol. The van der Waals surface area contributed by atoms with Gasteiger partial charge in [-0.05, 0) is 54.3 Å². The zero-order chi connectivity index (χ0) is 27.6. The third-order valence-corrected chi connectivity index (χ3v) is 8.33. The van der Waals surface area contributed by atoms with Crippen molar-refractivity contribution < 1.29 is 23.0 Å². The molecule has 2 atom stereocenters. The van der Waals surface area contributed by atoms with Gasteiger partial charge in [-0.3, -0.25) is 0 Å². The second-order valence-electron chi connectivity index (χ2n) is 10.7. The molecule has 2 aromatic carbocycles. The van der Waals surface area contributed by atoms with Crippen LogP contribution in [0.3, 0.4) is 0 Å². The molecule has 40 heavy (non-hydrogen) atoms. The molecular formula is C31H28F2N4O3. The van der Waals surface area contributed by atoms with Crippen LogP contribution >= 0.6 is 0 Å². The number of rotatable bonds is 2. The van der Waals surface area contributed by atoms with Crippen LogP contribution in [0.25, 0.3) is 33.6 Å². The lowest BCUT2D eigenvalue weighted by Gasteiger charge is -2.15. The van der Waals surface area contributed by atoms with E-state index in [1.807, 2.05) is 41.0 Å². The number of carbonyl (C=O) groups excluding carboxylic acids is 1. The molecule has 7 nitrogen and oxygen atoms in total. The van der Waals surface area contributed by atoms with Crippen molar-refractivity contribution in [2.75, 3.05) is 14.2 Å². The monoisotopic (exact) mass is 542 g/mol. The molecule has 1 saturated carbocycles. The summed E-state index contributed by atoms with van der Waals surface area (Å²) in [5.74, 6) is -3.40. The van der Waals surface area contributed by atoms with E-state index in [-0.39, 0.29) is 0 Å². The maximum absolute atomic E-state index is 14.9. The Bertz CT molecular complexity index is 1790. The highest BCUT2D eigenvalue weighted by molar-refractivity contribution is 5.97. The summed E-state index contributed by atoms with van der Waals surface area (Å²) in [5, 5.41) is 0.971. The van der Waals surface area contributed by atoms with Crippen molar-refractivity contribution in [1.82, 2.24) is 19.1 Å². The van der Waals surface area contributed by atoms with Crippen molar-refractivity contribution in [2.24, 2.45) is 5.92 Å². The lowest BCUT2D eigenvalue weighted by Crippen LogP contribution is -2.08. The van der Waals surface area contributed by atoms with Gasteiger partial charge in [0.15, 0.2) is 5.82 Å². The number of imidazole rings is 1. The third kappa shape index (κ3) is 3.78. The van der Waals surface area contributed by atoms with Gasteiger partial charge in [-0.25, -0.2) is 23.5 Å². The van der Waals surface area contributed by atoms with Crippen LogP contribution in [0.5, 0.6) is 5.75 Å². The van der Waals surface area contributed by atoms with E-state index in [0.29, 0.717) is 59.7 Å². The molecule has 2 bridgehead atoms. The van der Waals surface area contributed by atoms with Crippen molar-refractivity contribution in [3.8, 4) is 17.3 Å². The van der Waals surface area contributed by atoms with Gasteiger partial charge < -0.3 is 18.6 Å². The Morgan fingerprint density at radius 3 is 2.75 bits per heavy atom. The molecule has 0 radical (unpaired) electrons. The number of nitrogens with zero attached hydrogens (tertiary/aromatic N) is 4. The summed E-state index contributed by atoms with van der Waals surface area (Å²) in [6.07, 6.45) is 3.67. The molecule has 3 aromatic heterocycles. The van der Waals surface area contributed by atoms with E-state index in [9.17, 15) is 13.6 Å². The Hall–Kier alpha value is -4.27. The van der Waals surface area contributed by atoms with Gasteiger partial charge in [-0.2, -0.15) is 0 Å². The van der Waals surface area contributed by atoms with Gasteiger partial charge in [-0.15, -0.1) is 0 Å². The molecule has 4 heterocycles. The van der Waals surface area contributed by atoms with Gasteiger partial charge in [-0.1, -0.05) is 30.7 Å². The summed E-state index contributed by atoms with van der Waals surface area (Å²) < 4.78 is 44.8. The Balaban J connectivity index is 1.50. The first-order chi connectivity index (χ1) is 19.4. The van der Waals surface area contributed by atoms with E-state index < -0.39 is 23.7 Å². The molecule has 0 spiro atoms. The van der Waals surface area contributed by atoms with Crippen LogP contribution in [0.4, 0.5) is 8.78 Å². The molecule has 1 aliphatic heterocycles. The number of aromatic nitrogens is 4. The van der Waals surface area contributed by atoms with Crippen molar-refractivity contribution in [3.05, 3.63) is 77.5 Å². The molecule has 5 aromatic rings. The minimum absolute atomic E-state index is 0.333. The van der Waals surface area contributed by atoms with Crippen LogP contribution in [-0.2, 0) is 17.8 Å². The number of hydrogen-bond acceptors (Lipinski definition) is 5. The summed E-state index contributed by atoms with van der Waals surface area (Å²) in [6.45, 7) is 1.00. The number of methoxy groups -OCH3 is 2. The number of fused-ring (bicyclic) bond motifs is 11. The minimum atomic E-state index is -2.69. The second-order valence-corrected chi connectivity index (χ2v) is 10.7. The van der Waals surface area contributed by atoms with Crippen molar-refractivity contribution in [3.63, 3.8) is 0 Å². The fourth-order valence-electron chi connectivity index (χ4n) is 6.37. The van der Waals surface area contributed by atoms with Crippen LogP contribution in [-0.4, -0.2) is 45.2 Å². The number of alkyl halides is 2. The molecule has 0 N–H and O–H groups in total. The summed E-state index contributed by atoms with van der Waals surface area (Å²) in [7, 11) is 2.89. The number of pyridine rings is 1. The zero-order valence-corrected chi connectivity index (χ0v) is 22.2. The maximum atomic E-state index is 14.9. The minimum Gasteiger partial charge on any atom is -0.494 e.